The van der Waals surface area contributed by atoms with Gasteiger partial charge in [-0.3, -0.25) is 5.10 Å². The van der Waals surface area contributed by atoms with E-state index in [-0.39, 0.29) is 5.41 Å². The molecular formula is C9H14N2O. The summed E-state index contributed by atoms with van der Waals surface area (Å²) >= 11 is 0. The van der Waals surface area contributed by atoms with Gasteiger partial charge in [0.1, 0.15) is 0 Å². The van der Waals surface area contributed by atoms with Crippen LogP contribution in [0.3, 0.4) is 0 Å². The molecule has 0 spiro atoms. The van der Waals surface area contributed by atoms with E-state index >= 15 is 0 Å². The summed E-state index contributed by atoms with van der Waals surface area (Å²) in [7, 11) is 0. The molecule has 0 unspecified atom stereocenters. The minimum atomic E-state index is 0.284. The molecule has 1 aliphatic carbocycles. The maximum atomic E-state index is 5.44. The number of nitrogens with one attached hydrogen (secondary N) is 1. The molecule has 66 valence electrons. The van der Waals surface area contributed by atoms with Crippen LogP contribution in [0, 0.1) is 0 Å². The molecule has 1 aromatic rings. The zero-order valence-electron chi connectivity index (χ0n) is 7.34. The first-order chi connectivity index (χ1) is 5.87. The third kappa shape index (κ3) is 1.25. The van der Waals surface area contributed by atoms with Crippen molar-refractivity contribution in [2.24, 2.45) is 0 Å². The van der Waals surface area contributed by atoms with Crippen LogP contribution in [0.1, 0.15) is 25.5 Å². The summed E-state index contributed by atoms with van der Waals surface area (Å²) in [6.45, 7) is 3.67. The molecule has 1 N–H and O–H groups in total. The minimum absolute atomic E-state index is 0.284. The summed E-state index contributed by atoms with van der Waals surface area (Å²) in [5.41, 5.74) is 1.52. The quantitative estimate of drug-likeness (QED) is 0.735. The van der Waals surface area contributed by atoms with Crippen LogP contribution in [0.5, 0.6) is 0 Å². The topological polar surface area (TPSA) is 37.9 Å². The molecule has 3 heteroatoms. The molecule has 0 saturated heterocycles. The number of hydrogen-bond acceptors (Lipinski definition) is 2. The fraction of sp³-hybridized carbons (Fsp3) is 0.667. The Morgan fingerprint density at radius 2 is 2.50 bits per heavy atom. The fourth-order valence-corrected chi connectivity index (χ4v) is 1.49. The van der Waals surface area contributed by atoms with Gasteiger partial charge in [0, 0.05) is 23.9 Å². The predicted octanol–water partition coefficient (Wildman–Crippen LogP) is 1.48. The van der Waals surface area contributed by atoms with Gasteiger partial charge in [-0.15, -0.1) is 0 Å². The Morgan fingerprint density at radius 3 is 3.00 bits per heavy atom. The standard InChI is InChI=1S/C9H14N2O/c1-2-12-7-9(4-5-9)8-3-6-10-11-8/h3,6H,2,4-5,7H2,1H3,(H,10,11). The fourth-order valence-electron chi connectivity index (χ4n) is 1.49. The van der Waals surface area contributed by atoms with Crippen molar-refractivity contribution >= 4 is 0 Å². The summed E-state index contributed by atoms with van der Waals surface area (Å²) in [5, 5.41) is 6.97. The highest BCUT2D eigenvalue weighted by Gasteiger charge is 2.45. The van der Waals surface area contributed by atoms with E-state index in [1.807, 2.05) is 13.0 Å². The Kier molecular flexibility index (Phi) is 1.89. The smallest absolute Gasteiger partial charge is 0.0577 e. The number of ether oxygens (including phenoxy) is 1. The van der Waals surface area contributed by atoms with Gasteiger partial charge in [0.25, 0.3) is 0 Å². The van der Waals surface area contributed by atoms with Crippen molar-refractivity contribution in [1.29, 1.82) is 0 Å². The summed E-state index contributed by atoms with van der Waals surface area (Å²) in [6.07, 6.45) is 4.27. The van der Waals surface area contributed by atoms with Gasteiger partial charge in [-0.1, -0.05) is 0 Å². The SMILES string of the molecule is CCOCC1(c2ccn[nH]2)CC1. The third-order valence-electron chi connectivity index (χ3n) is 2.51. The highest BCUT2D eigenvalue weighted by molar-refractivity contribution is 5.22. The molecule has 1 saturated carbocycles. The molecule has 1 heterocycles. The third-order valence-corrected chi connectivity index (χ3v) is 2.51. The Balaban J connectivity index is 2.02. The van der Waals surface area contributed by atoms with Crippen LogP contribution in [0.25, 0.3) is 0 Å². The van der Waals surface area contributed by atoms with Crippen LogP contribution in [0.2, 0.25) is 0 Å². The maximum absolute atomic E-state index is 5.44. The zero-order chi connectivity index (χ0) is 8.44. The second-order valence-electron chi connectivity index (χ2n) is 3.39. The van der Waals surface area contributed by atoms with Crippen LogP contribution in [-0.2, 0) is 10.2 Å². The molecule has 0 aromatic carbocycles. The lowest BCUT2D eigenvalue weighted by molar-refractivity contribution is 0.124. The Morgan fingerprint density at radius 1 is 1.67 bits per heavy atom. The number of aromatic nitrogens is 2. The molecular weight excluding hydrogens is 152 g/mol. The average molecular weight is 166 g/mol. The number of nitrogens with zero attached hydrogens (tertiary/aromatic N) is 1. The Bertz CT molecular complexity index is 239. The average Bonchev–Trinajstić information content (AvgIpc) is 2.66. The second-order valence-corrected chi connectivity index (χ2v) is 3.39. The van der Waals surface area contributed by atoms with Crippen LogP contribution >= 0.6 is 0 Å². The maximum Gasteiger partial charge on any atom is 0.0577 e. The number of rotatable bonds is 4. The number of aromatic amines is 1. The van der Waals surface area contributed by atoms with Gasteiger partial charge in [0.05, 0.1) is 6.61 Å². The summed E-state index contributed by atoms with van der Waals surface area (Å²) in [5.74, 6) is 0. The monoisotopic (exact) mass is 166 g/mol. The lowest BCUT2D eigenvalue weighted by Gasteiger charge is -2.11. The van der Waals surface area contributed by atoms with Crippen LogP contribution in [-0.4, -0.2) is 23.4 Å². The van der Waals surface area contributed by atoms with Gasteiger partial charge >= 0.3 is 0 Å². The van der Waals surface area contributed by atoms with E-state index in [9.17, 15) is 0 Å². The van der Waals surface area contributed by atoms with Gasteiger partial charge in [0.15, 0.2) is 0 Å². The normalized spacial score (nSPS) is 19.4. The van der Waals surface area contributed by atoms with E-state index in [0.717, 1.165) is 13.2 Å². The van der Waals surface area contributed by atoms with Gasteiger partial charge < -0.3 is 4.74 Å². The van der Waals surface area contributed by atoms with Crippen molar-refractivity contribution in [3.05, 3.63) is 18.0 Å². The molecule has 1 fully saturated rings. The largest absolute Gasteiger partial charge is 0.381 e. The van der Waals surface area contributed by atoms with Gasteiger partial charge in [-0.05, 0) is 25.8 Å². The molecule has 3 nitrogen and oxygen atoms in total. The van der Waals surface area contributed by atoms with E-state index in [1.54, 1.807) is 6.20 Å². The van der Waals surface area contributed by atoms with Crippen molar-refractivity contribution in [3.63, 3.8) is 0 Å². The molecule has 1 aliphatic rings. The van der Waals surface area contributed by atoms with E-state index < -0.39 is 0 Å². The lowest BCUT2D eigenvalue weighted by Crippen LogP contribution is -2.15. The van der Waals surface area contributed by atoms with E-state index in [0.29, 0.717) is 0 Å². The van der Waals surface area contributed by atoms with Crippen molar-refractivity contribution in [1.82, 2.24) is 10.2 Å². The Hall–Kier alpha value is -0.830. The first-order valence-electron chi connectivity index (χ1n) is 4.45. The van der Waals surface area contributed by atoms with Crippen LogP contribution in [0.15, 0.2) is 12.3 Å². The van der Waals surface area contributed by atoms with E-state index in [2.05, 4.69) is 10.2 Å². The molecule has 0 aliphatic heterocycles. The molecule has 1 aromatic heterocycles. The lowest BCUT2D eigenvalue weighted by atomic mass is 10.0. The highest BCUT2D eigenvalue weighted by Crippen LogP contribution is 2.47. The molecule has 0 bridgehead atoms. The van der Waals surface area contributed by atoms with Crippen LogP contribution in [0.4, 0.5) is 0 Å². The van der Waals surface area contributed by atoms with Gasteiger partial charge in [-0.25, -0.2) is 0 Å². The van der Waals surface area contributed by atoms with Crippen molar-refractivity contribution in [3.8, 4) is 0 Å². The van der Waals surface area contributed by atoms with Crippen molar-refractivity contribution in [2.75, 3.05) is 13.2 Å². The first-order valence-corrected chi connectivity index (χ1v) is 4.45. The minimum Gasteiger partial charge on any atom is -0.381 e. The molecule has 0 amide bonds. The van der Waals surface area contributed by atoms with Crippen LogP contribution < -0.4 is 0 Å². The molecule has 2 rings (SSSR count). The van der Waals surface area contributed by atoms with E-state index in [4.69, 9.17) is 4.74 Å². The second kappa shape index (κ2) is 2.90. The molecule has 0 radical (unpaired) electrons. The number of hydrogen-bond donors (Lipinski definition) is 1. The predicted molar refractivity (Wildman–Crippen MR) is 46.0 cm³/mol. The van der Waals surface area contributed by atoms with Crippen molar-refractivity contribution < 1.29 is 4.74 Å². The summed E-state index contributed by atoms with van der Waals surface area (Å²) in [6, 6.07) is 2.05. The van der Waals surface area contributed by atoms with Gasteiger partial charge in [0.2, 0.25) is 0 Å². The zero-order valence-corrected chi connectivity index (χ0v) is 7.34. The summed E-state index contributed by atoms with van der Waals surface area (Å²) in [4.78, 5) is 0. The van der Waals surface area contributed by atoms with Crippen molar-refractivity contribution in [2.45, 2.75) is 25.2 Å². The Labute approximate surface area is 72.1 Å². The van der Waals surface area contributed by atoms with Gasteiger partial charge in [-0.2, -0.15) is 5.10 Å². The van der Waals surface area contributed by atoms with E-state index in [1.165, 1.54) is 18.5 Å². The first kappa shape index (κ1) is 7.80. The highest BCUT2D eigenvalue weighted by atomic mass is 16.5. The molecule has 12 heavy (non-hydrogen) atoms. The summed E-state index contributed by atoms with van der Waals surface area (Å²) < 4.78 is 5.44. The molecule has 0 atom stereocenters. The number of H-pyrrole nitrogens is 1.